The molecule has 8 heteroatoms. The lowest BCUT2D eigenvalue weighted by atomic mass is 10.1. The third-order valence-corrected chi connectivity index (χ3v) is 8.09. The van der Waals surface area contributed by atoms with Crippen molar-refractivity contribution in [3.63, 3.8) is 0 Å². The van der Waals surface area contributed by atoms with Crippen LogP contribution in [-0.2, 0) is 23.8 Å². The van der Waals surface area contributed by atoms with Gasteiger partial charge < -0.3 is 24.4 Å². The van der Waals surface area contributed by atoms with Gasteiger partial charge >= 0.3 is 18.0 Å². The summed E-state index contributed by atoms with van der Waals surface area (Å²) in [6, 6.07) is 0. The number of carbonyl (C=O) groups excluding carboxylic acids is 3. The summed E-state index contributed by atoms with van der Waals surface area (Å²) in [5, 5.41) is 2.83. The molecule has 1 aliphatic heterocycles. The van der Waals surface area contributed by atoms with Crippen LogP contribution in [0, 0.1) is 6.92 Å². The number of allylic oxidation sites excluding steroid dienone is 2. The van der Waals surface area contributed by atoms with E-state index in [1.807, 2.05) is 0 Å². The van der Waals surface area contributed by atoms with E-state index < -0.39 is 18.2 Å². The average Bonchev–Trinajstić information content (AvgIpc) is 3.53. The lowest BCUT2D eigenvalue weighted by Gasteiger charge is -2.20. The molecule has 255 valence electrons. The van der Waals surface area contributed by atoms with Crippen molar-refractivity contribution in [1.82, 2.24) is 10.2 Å². The van der Waals surface area contributed by atoms with Crippen LogP contribution in [0.4, 0.5) is 4.79 Å². The first kappa shape index (κ1) is 39.9. The van der Waals surface area contributed by atoms with E-state index in [9.17, 15) is 14.4 Å². The van der Waals surface area contributed by atoms with Crippen molar-refractivity contribution in [2.75, 3.05) is 32.8 Å². The Morgan fingerprint density at radius 3 is 2.02 bits per heavy atom. The maximum Gasteiger partial charge on any atom is 0.407 e. The van der Waals surface area contributed by atoms with Gasteiger partial charge in [0, 0.05) is 25.9 Å². The third kappa shape index (κ3) is 24.3. The molecule has 1 heterocycles. The Hall–Kier alpha value is -2.09. The van der Waals surface area contributed by atoms with Gasteiger partial charge in [0.05, 0.1) is 0 Å². The molecular formula is C36H65N2O6. The highest BCUT2D eigenvalue weighted by Crippen LogP contribution is 2.14. The summed E-state index contributed by atoms with van der Waals surface area (Å²) in [5.74, 6) is -0.714. The van der Waals surface area contributed by atoms with Gasteiger partial charge in [0.2, 0.25) is 0 Å². The van der Waals surface area contributed by atoms with E-state index in [2.05, 4.69) is 43.1 Å². The van der Waals surface area contributed by atoms with Crippen LogP contribution < -0.4 is 5.32 Å². The van der Waals surface area contributed by atoms with Crippen LogP contribution in [0.1, 0.15) is 149 Å². The van der Waals surface area contributed by atoms with Gasteiger partial charge in [-0.05, 0) is 77.8 Å². The molecule has 44 heavy (non-hydrogen) atoms. The number of unbranched alkanes of at least 4 members (excludes halogenated alkanes) is 12. The SMILES string of the molecule is [CH2]C(COC(=O)CCCCCCC/C=C\CCCCCCCC)OC(=O)CCC(CCCC)OC(=O)NCCN1CCCC1. The van der Waals surface area contributed by atoms with Crippen LogP contribution in [-0.4, -0.2) is 67.9 Å². The predicted molar refractivity (Wildman–Crippen MR) is 178 cm³/mol. The Morgan fingerprint density at radius 1 is 0.750 bits per heavy atom. The van der Waals surface area contributed by atoms with Gasteiger partial charge in [-0.15, -0.1) is 0 Å². The molecule has 1 amide bonds. The summed E-state index contributed by atoms with van der Waals surface area (Å²) in [4.78, 5) is 39.0. The zero-order valence-corrected chi connectivity index (χ0v) is 28.3. The van der Waals surface area contributed by atoms with Gasteiger partial charge in [-0.25, -0.2) is 4.79 Å². The van der Waals surface area contributed by atoms with Crippen molar-refractivity contribution in [2.24, 2.45) is 0 Å². The first-order chi connectivity index (χ1) is 21.4. The van der Waals surface area contributed by atoms with Gasteiger partial charge in [-0.1, -0.05) is 90.2 Å². The number of carbonyl (C=O) groups is 3. The maximum absolute atomic E-state index is 12.3. The lowest BCUT2D eigenvalue weighted by Crippen LogP contribution is -2.35. The van der Waals surface area contributed by atoms with E-state index in [0.29, 0.717) is 25.8 Å². The van der Waals surface area contributed by atoms with Crippen LogP contribution in [0.15, 0.2) is 12.2 Å². The first-order valence-corrected chi connectivity index (χ1v) is 17.9. The number of amides is 1. The fraction of sp³-hybridized carbons (Fsp3) is 0.833. The molecule has 1 radical (unpaired) electrons. The average molecular weight is 622 g/mol. The van der Waals surface area contributed by atoms with E-state index >= 15 is 0 Å². The monoisotopic (exact) mass is 621 g/mol. The highest BCUT2D eigenvalue weighted by Gasteiger charge is 2.19. The third-order valence-electron chi connectivity index (χ3n) is 8.09. The van der Waals surface area contributed by atoms with Gasteiger partial charge in [-0.2, -0.15) is 0 Å². The normalized spacial score (nSPS) is 14.9. The molecule has 1 aliphatic rings. The molecule has 1 fully saturated rings. The molecule has 0 aliphatic carbocycles. The Morgan fingerprint density at radius 2 is 1.36 bits per heavy atom. The topological polar surface area (TPSA) is 94.2 Å². The van der Waals surface area contributed by atoms with Crippen molar-refractivity contribution < 1.29 is 28.6 Å². The van der Waals surface area contributed by atoms with Gasteiger partial charge in [0.1, 0.15) is 18.8 Å². The molecule has 1 saturated heterocycles. The number of likely N-dealkylation sites (tertiary alicyclic amines) is 1. The number of ether oxygens (including phenoxy) is 3. The number of nitrogens with zero attached hydrogens (tertiary/aromatic N) is 1. The quantitative estimate of drug-likeness (QED) is 0.0405. The Bertz CT molecular complexity index is 753. The highest BCUT2D eigenvalue weighted by atomic mass is 16.6. The second-order valence-corrected chi connectivity index (χ2v) is 12.3. The van der Waals surface area contributed by atoms with Crippen LogP contribution in [0.2, 0.25) is 0 Å². The van der Waals surface area contributed by atoms with Crippen molar-refractivity contribution in [1.29, 1.82) is 0 Å². The minimum Gasteiger partial charge on any atom is -0.462 e. The maximum atomic E-state index is 12.3. The van der Waals surface area contributed by atoms with Gasteiger partial charge in [0.25, 0.3) is 0 Å². The summed E-state index contributed by atoms with van der Waals surface area (Å²) in [7, 11) is 0. The summed E-state index contributed by atoms with van der Waals surface area (Å²) in [6.07, 6.45) is 24.7. The molecule has 0 spiro atoms. The molecule has 0 bridgehead atoms. The second kappa shape index (κ2) is 28.4. The van der Waals surface area contributed by atoms with Crippen LogP contribution >= 0.6 is 0 Å². The molecule has 1 rings (SSSR count). The van der Waals surface area contributed by atoms with Crippen molar-refractivity contribution in [2.45, 2.75) is 161 Å². The van der Waals surface area contributed by atoms with Crippen LogP contribution in [0.5, 0.6) is 0 Å². The van der Waals surface area contributed by atoms with Crippen molar-refractivity contribution in [3.8, 4) is 0 Å². The van der Waals surface area contributed by atoms with Gasteiger partial charge in [0.15, 0.2) is 0 Å². The number of esters is 2. The Labute approximate surface area is 269 Å². The highest BCUT2D eigenvalue weighted by molar-refractivity contribution is 5.70. The van der Waals surface area contributed by atoms with E-state index in [1.165, 1.54) is 70.6 Å². The molecule has 0 saturated carbocycles. The second-order valence-electron chi connectivity index (χ2n) is 12.3. The summed E-state index contributed by atoms with van der Waals surface area (Å²) >= 11 is 0. The zero-order chi connectivity index (χ0) is 32.1. The summed E-state index contributed by atoms with van der Waals surface area (Å²) in [6.45, 7) is 11.6. The summed E-state index contributed by atoms with van der Waals surface area (Å²) < 4.78 is 16.2. The van der Waals surface area contributed by atoms with Crippen molar-refractivity contribution >= 4 is 18.0 Å². The Balaban J connectivity index is 2.05. The molecule has 2 atom stereocenters. The molecular weight excluding hydrogens is 556 g/mol. The molecule has 0 aromatic carbocycles. The van der Waals surface area contributed by atoms with Crippen LogP contribution in [0.25, 0.3) is 0 Å². The Kier molecular flexibility index (Phi) is 25.8. The fourth-order valence-corrected chi connectivity index (χ4v) is 5.37. The van der Waals surface area contributed by atoms with Crippen LogP contribution in [0.3, 0.4) is 0 Å². The largest absolute Gasteiger partial charge is 0.462 e. The first-order valence-electron chi connectivity index (χ1n) is 17.9. The smallest absolute Gasteiger partial charge is 0.407 e. The number of hydrogen-bond donors (Lipinski definition) is 1. The number of rotatable bonds is 28. The molecule has 1 N–H and O–H groups in total. The number of nitrogens with one attached hydrogen (secondary N) is 1. The molecule has 0 aromatic rings. The predicted octanol–water partition coefficient (Wildman–Crippen LogP) is 8.47. The number of alkyl carbamates (subject to hydrolysis) is 1. The van der Waals surface area contributed by atoms with Gasteiger partial charge in [-0.3, -0.25) is 9.59 Å². The fourth-order valence-electron chi connectivity index (χ4n) is 5.37. The summed E-state index contributed by atoms with van der Waals surface area (Å²) in [5.41, 5.74) is 0. The molecule has 8 nitrogen and oxygen atoms in total. The minimum atomic E-state index is -0.760. The number of hydrogen-bond acceptors (Lipinski definition) is 7. The van der Waals surface area contributed by atoms with E-state index in [1.54, 1.807) is 0 Å². The lowest BCUT2D eigenvalue weighted by molar-refractivity contribution is -0.157. The van der Waals surface area contributed by atoms with Crippen molar-refractivity contribution in [3.05, 3.63) is 19.1 Å². The standard InChI is InChI=1S/C36H65N2O6/c1-4-6-8-9-10-11-12-13-14-15-16-17-18-19-20-24-34(39)42-31-32(3)43-35(40)26-25-33(23-7-5-2)44-36(41)37-27-30-38-28-21-22-29-38/h13-14,32-33H,3-12,15-31H2,1-2H3,(H,37,41)/b14-13-. The minimum absolute atomic E-state index is 0.0508. The zero-order valence-electron chi connectivity index (χ0n) is 28.3. The van der Waals surface area contributed by atoms with E-state index in [-0.39, 0.29) is 25.1 Å². The van der Waals surface area contributed by atoms with E-state index in [0.717, 1.165) is 58.2 Å². The molecule has 2 unspecified atom stereocenters. The molecule has 0 aromatic heterocycles. The van der Waals surface area contributed by atoms with E-state index in [4.69, 9.17) is 14.2 Å².